The lowest BCUT2D eigenvalue weighted by molar-refractivity contribution is -0.141. The third-order valence-electron chi connectivity index (χ3n) is 5.29. The Morgan fingerprint density at radius 2 is 1.62 bits per heavy atom. The highest BCUT2D eigenvalue weighted by Gasteiger charge is 2.07. The van der Waals surface area contributed by atoms with Crippen molar-refractivity contribution in [2.75, 3.05) is 26.4 Å². The minimum Gasteiger partial charge on any atom is -0.494 e. The van der Waals surface area contributed by atoms with Gasteiger partial charge in [0.25, 0.3) is 0 Å². The standard InChI is InChI=1S/C29H36O5/c1-4-23(3)20-26-12-10-24(11-13-26)8-9-25-14-16-28(17-15-25)33-19-7-6-18-32-21-27(30)22-34-29(31)5-2/h5,10-17,23,27,30H,2,4,6-7,18-22H2,1,3H3. The van der Waals surface area contributed by atoms with Gasteiger partial charge in [0, 0.05) is 23.8 Å². The van der Waals surface area contributed by atoms with Gasteiger partial charge in [0.15, 0.2) is 0 Å². The number of benzene rings is 2. The van der Waals surface area contributed by atoms with Crippen LogP contribution in [0.5, 0.6) is 5.75 Å². The highest BCUT2D eigenvalue weighted by Crippen LogP contribution is 2.14. The van der Waals surface area contributed by atoms with Crippen LogP contribution in [0, 0.1) is 17.8 Å². The smallest absolute Gasteiger partial charge is 0.330 e. The first kappa shape index (κ1) is 27.2. The van der Waals surface area contributed by atoms with Gasteiger partial charge in [-0.05, 0) is 67.1 Å². The fraction of sp³-hybridized carbons (Fsp3) is 0.414. The average molecular weight is 465 g/mol. The van der Waals surface area contributed by atoms with Crippen molar-refractivity contribution in [1.82, 2.24) is 0 Å². The van der Waals surface area contributed by atoms with Crippen molar-refractivity contribution in [3.8, 4) is 17.6 Å². The second kappa shape index (κ2) is 15.7. The number of hydrogen-bond donors (Lipinski definition) is 1. The van der Waals surface area contributed by atoms with Crippen LogP contribution >= 0.6 is 0 Å². The van der Waals surface area contributed by atoms with E-state index in [1.807, 2.05) is 24.3 Å². The van der Waals surface area contributed by atoms with Gasteiger partial charge in [-0.25, -0.2) is 4.79 Å². The molecule has 0 saturated carbocycles. The molecule has 0 aliphatic carbocycles. The Morgan fingerprint density at radius 3 is 2.24 bits per heavy atom. The summed E-state index contributed by atoms with van der Waals surface area (Å²) in [6, 6.07) is 16.3. The normalized spacial score (nSPS) is 12.2. The first-order chi connectivity index (χ1) is 16.5. The summed E-state index contributed by atoms with van der Waals surface area (Å²) in [5.41, 5.74) is 3.32. The molecular weight excluding hydrogens is 428 g/mol. The zero-order valence-electron chi connectivity index (χ0n) is 20.3. The molecule has 0 spiro atoms. The molecule has 34 heavy (non-hydrogen) atoms. The topological polar surface area (TPSA) is 65.0 Å². The van der Waals surface area contributed by atoms with E-state index in [1.54, 1.807) is 0 Å². The Bertz CT molecular complexity index is 922. The molecule has 0 aliphatic heterocycles. The van der Waals surface area contributed by atoms with E-state index in [0.29, 0.717) is 19.1 Å². The molecule has 2 aromatic rings. The Morgan fingerprint density at radius 1 is 1.00 bits per heavy atom. The van der Waals surface area contributed by atoms with Crippen LogP contribution in [0.15, 0.2) is 61.2 Å². The van der Waals surface area contributed by atoms with Crippen LogP contribution in [0.2, 0.25) is 0 Å². The second-order valence-electron chi connectivity index (χ2n) is 8.31. The highest BCUT2D eigenvalue weighted by molar-refractivity contribution is 5.81. The molecule has 0 aromatic heterocycles. The van der Waals surface area contributed by atoms with Gasteiger partial charge in [-0.3, -0.25) is 0 Å². The van der Waals surface area contributed by atoms with Gasteiger partial charge in [-0.2, -0.15) is 0 Å². The molecule has 0 fully saturated rings. The number of carbonyl (C=O) groups is 1. The predicted octanol–water partition coefficient (Wildman–Crippen LogP) is 4.94. The van der Waals surface area contributed by atoms with E-state index in [2.05, 4.69) is 56.5 Å². The number of carbonyl (C=O) groups excluding carboxylic acids is 1. The summed E-state index contributed by atoms with van der Waals surface area (Å²) in [5.74, 6) is 7.37. The molecule has 5 heteroatoms. The first-order valence-corrected chi connectivity index (χ1v) is 11.9. The number of aliphatic hydroxyl groups is 1. The van der Waals surface area contributed by atoms with Crippen LogP contribution in [-0.4, -0.2) is 43.6 Å². The molecule has 2 aromatic carbocycles. The van der Waals surface area contributed by atoms with Crippen LogP contribution in [0.25, 0.3) is 0 Å². The van der Waals surface area contributed by atoms with Gasteiger partial charge in [0.05, 0.1) is 13.2 Å². The SMILES string of the molecule is C=CC(=O)OCC(O)COCCCCOc1ccc(C#Cc2ccc(CC(C)CC)cc2)cc1. The Kier molecular flexibility index (Phi) is 12.6. The fourth-order valence-electron chi connectivity index (χ4n) is 3.05. The summed E-state index contributed by atoms with van der Waals surface area (Å²) in [4.78, 5) is 10.9. The maximum Gasteiger partial charge on any atom is 0.330 e. The van der Waals surface area contributed by atoms with Crippen molar-refractivity contribution in [2.24, 2.45) is 5.92 Å². The summed E-state index contributed by atoms with van der Waals surface area (Å²) < 4.78 is 15.9. The monoisotopic (exact) mass is 464 g/mol. The lowest BCUT2D eigenvalue weighted by atomic mass is 9.98. The maximum absolute atomic E-state index is 10.9. The molecule has 5 nitrogen and oxygen atoms in total. The quantitative estimate of drug-likeness (QED) is 0.186. The van der Waals surface area contributed by atoms with Crippen molar-refractivity contribution in [2.45, 2.75) is 45.6 Å². The van der Waals surface area contributed by atoms with E-state index in [4.69, 9.17) is 14.2 Å². The summed E-state index contributed by atoms with van der Waals surface area (Å²) in [7, 11) is 0. The van der Waals surface area contributed by atoms with Gasteiger partial charge < -0.3 is 19.3 Å². The molecule has 2 atom stereocenters. The van der Waals surface area contributed by atoms with Crippen molar-refractivity contribution in [3.05, 3.63) is 77.9 Å². The lowest BCUT2D eigenvalue weighted by Gasteiger charge is -2.11. The zero-order chi connectivity index (χ0) is 24.6. The van der Waals surface area contributed by atoms with Gasteiger partial charge >= 0.3 is 5.97 Å². The van der Waals surface area contributed by atoms with Gasteiger partial charge in [0.1, 0.15) is 18.5 Å². The molecule has 2 rings (SSSR count). The lowest BCUT2D eigenvalue weighted by Crippen LogP contribution is -2.23. The molecular formula is C29H36O5. The second-order valence-corrected chi connectivity index (χ2v) is 8.31. The van der Waals surface area contributed by atoms with E-state index in [9.17, 15) is 9.90 Å². The molecule has 0 bridgehead atoms. The maximum atomic E-state index is 10.9. The van der Waals surface area contributed by atoms with Crippen LogP contribution in [-0.2, 0) is 20.7 Å². The Labute approximate surface area is 203 Å². The molecule has 182 valence electrons. The average Bonchev–Trinajstić information content (AvgIpc) is 2.86. The van der Waals surface area contributed by atoms with Gasteiger partial charge in [-0.15, -0.1) is 0 Å². The number of aliphatic hydroxyl groups excluding tert-OH is 1. The van der Waals surface area contributed by atoms with Gasteiger partial charge in [0.2, 0.25) is 0 Å². The Hall–Kier alpha value is -3.07. The third kappa shape index (κ3) is 11.2. The van der Waals surface area contributed by atoms with E-state index in [1.165, 1.54) is 12.0 Å². The van der Waals surface area contributed by atoms with Crippen LogP contribution in [0.1, 0.15) is 49.8 Å². The molecule has 0 amide bonds. The van der Waals surface area contributed by atoms with Crippen molar-refractivity contribution in [1.29, 1.82) is 0 Å². The number of ether oxygens (including phenoxy) is 3. The molecule has 2 unspecified atom stereocenters. The number of unbranched alkanes of at least 4 members (excludes halogenated alkanes) is 1. The van der Waals surface area contributed by atoms with E-state index in [-0.39, 0.29) is 13.2 Å². The van der Waals surface area contributed by atoms with E-state index >= 15 is 0 Å². The summed E-state index contributed by atoms with van der Waals surface area (Å²) in [6.45, 7) is 8.90. The number of esters is 1. The predicted molar refractivity (Wildman–Crippen MR) is 135 cm³/mol. The molecule has 0 aliphatic rings. The zero-order valence-corrected chi connectivity index (χ0v) is 20.3. The third-order valence-corrected chi connectivity index (χ3v) is 5.29. The molecule has 0 heterocycles. The molecule has 0 saturated heterocycles. The van der Waals surface area contributed by atoms with Crippen LogP contribution in [0.4, 0.5) is 0 Å². The summed E-state index contributed by atoms with van der Waals surface area (Å²) in [6.07, 6.45) is 4.16. The van der Waals surface area contributed by atoms with Crippen LogP contribution < -0.4 is 4.74 Å². The van der Waals surface area contributed by atoms with Crippen LogP contribution in [0.3, 0.4) is 0 Å². The largest absolute Gasteiger partial charge is 0.494 e. The highest BCUT2D eigenvalue weighted by atomic mass is 16.5. The molecule has 0 radical (unpaired) electrons. The van der Waals surface area contributed by atoms with E-state index < -0.39 is 12.1 Å². The first-order valence-electron chi connectivity index (χ1n) is 11.9. The minimum atomic E-state index is -0.837. The van der Waals surface area contributed by atoms with Crippen molar-refractivity contribution < 1.29 is 24.1 Å². The van der Waals surface area contributed by atoms with Crippen molar-refractivity contribution in [3.63, 3.8) is 0 Å². The fourth-order valence-corrected chi connectivity index (χ4v) is 3.05. The number of hydrogen-bond acceptors (Lipinski definition) is 5. The Balaban J connectivity index is 1.62. The number of rotatable bonds is 14. The minimum absolute atomic E-state index is 0.0982. The molecule has 1 N–H and O–H groups in total. The summed E-state index contributed by atoms with van der Waals surface area (Å²) in [5, 5.41) is 9.65. The van der Waals surface area contributed by atoms with Gasteiger partial charge in [-0.1, -0.05) is 50.8 Å². The van der Waals surface area contributed by atoms with Crippen molar-refractivity contribution >= 4 is 5.97 Å². The summed E-state index contributed by atoms with van der Waals surface area (Å²) >= 11 is 0. The van der Waals surface area contributed by atoms with E-state index in [0.717, 1.165) is 42.2 Å².